The number of fused-ring (bicyclic) bond motifs is 1. The van der Waals surface area contributed by atoms with Crippen molar-refractivity contribution < 1.29 is 18.3 Å². The standard InChI is InChI=1S/C18H19FN4O3S/c1-10-7-12(26-16-4-3-14-13(21-16)5-6-25-14)8-23(10)9-15-17(19)22-18(27-15)20-11(2)24/h3-6,10,12H,7-9H2,1-2H3,(H,20,22,24). The minimum Gasteiger partial charge on any atom is -0.473 e. The molecule has 0 bridgehead atoms. The van der Waals surface area contributed by atoms with Gasteiger partial charge in [-0.2, -0.15) is 9.37 Å². The van der Waals surface area contributed by atoms with E-state index in [0.29, 0.717) is 23.8 Å². The number of carbonyl (C=O) groups is 1. The molecule has 0 aromatic carbocycles. The fraction of sp³-hybridized carbons (Fsp3) is 0.389. The fourth-order valence-corrected chi connectivity index (χ4v) is 4.16. The number of hydrogen-bond acceptors (Lipinski definition) is 7. The summed E-state index contributed by atoms with van der Waals surface area (Å²) in [7, 11) is 0. The van der Waals surface area contributed by atoms with E-state index in [4.69, 9.17) is 9.15 Å². The van der Waals surface area contributed by atoms with Gasteiger partial charge in [0.25, 0.3) is 0 Å². The maximum Gasteiger partial charge on any atom is 0.230 e. The number of ether oxygens (including phenoxy) is 1. The van der Waals surface area contributed by atoms with Crippen LogP contribution in [0.5, 0.6) is 5.88 Å². The largest absolute Gasteiger partial charge is 0.473 e. The number of thiazole rings is 1. The molecule has 3 aromatic heterocycles. The Bertz CT molecular complexity index is 973. The van der Waals surface area contributed by atoms with Crippen molar-refractivity contribution >= 4 is 33.5 Å². The summed E-state index contributed by atoms with van der Waals surface area (Å²) in [6.07, 6.45) is 2.40. The third-order valence-corrected chi connectivity index (χ3v) is 5.44. The highest BCUT2D eigenvalue weighted by Crippen LogP contribution is 2.29. The van der Waals surface area contributed by atoms with Gasteiger partial charge in [0.05, 0.1) is 11.1 Å². The van der Waals surface area contributed by atoms with E-state index < -0.39 is 5.95 Å². The summed E-state index contributed by atoms with van der Waals surface area (Å²) in [4.78, 5) is 22.0. The number of nitrogens with zero attached hydrogens (tertiary/aromatic N) is 3. The van der Waals surface area contributed by atoms with E-state index in [-0.39, 0.29) is 23.2 Å². The minimum absolute atomic E-state index is 0.0253. The van der Waals surface area contributed by atoms with Crippen molar-refractivity contribution in [2.45, 2.75) is 39.0 Å². The molecule has 9 heteroatoms. The van der Waals surface area contributed by atoms with Crippen LogP contribution in [0, 0.1) is 5.95 Å². The minimum atomic E-state index is -0.535. The zero-order valence-electron chi connectivity index (χ0n) is 14.9. The molecule has 142 valence electrons. The number of carbonyl (C=O) groups excluding carboxylic acids is 1. The van der Waals surface area contributed by atoms with Crippen molar-refractivity contribution in [1.29, 1.82) is 0 Å². The molecule has 7 nitrogen and oxygen atoms in total. The number of nitrogens with one attached hydrogen (secondary N) is 1. The lowest BCUT2D eigenvalue weighted by molar-refractivity contribution is -0.114. The first-order valence-corrected chi connectivity index (χ1v) is 9.47. The van der Waals surface area contributed by atoms with E-state index in [1.165, 1.54) is 6.92 Å². The predicted octanol–water partition coefficient (Wildman–Crippen LogP) is 3.42. The number of furan rings is 1. The first-order chi connectivity index (χ1) is 13.0. The van der Waals surface area contributed by atoms with Gasteiger partial charge in [0.15, 0.2) is 10.7 Å². The van der Waals surface area contributed by atoms with Crippen LogP contribution in [0.1, 0.15) is 25.1 Å². The van der Waals surface area contributed by atoms with Gasteiger partial charge in [-0.1, -0.05) is 11.3 Å². The maximum absolute atomic E-state index is 14.1. The molecule has 4 heterocycles. The molecule has 2 unspecified atom stereocenters. The van der Waals surface area contributed by atoms with Crippen molar-refractivity contribution in [2.75, 3.05) is 11.9 Å². The number of rotatable bonds is 5. The van der Waals surface area contributed by atoms with Gasteiger partial charge in [-0.15, -0.1) is 0 Å². The number of hydrogen-bond donors (Lipinski definition) is 1. The summed E-state index contributed by atoms with van der Waals surface area (Å²) in [5, 5.41) is 2.81. The monoisotopic (exact) mass is 390 g/mol. The number of pyridine rings is 1. The second-order valence-electron chi connectivity index (χ2n) is 6.62. The van der Waals surface area contributed by atoms with Crippen LogP contribution in [0.3, 0.4) is 0 Å². The van der Waals surface area contributed by atoms with Gasteiger partial charge in [-0.25, -0.2) is 4.98 Å². The second-order valence-corrected chi connectivity index (χ2v) is 7.71. The van der Waals surface area contributed by atoms with Crippen LogP contribution in [0.4, 0.5) is 9.52 Å². The van der Waals surface area contributed by atoms with E-state index >= 15 is 0 Å². The molecule has 1 fully saturated rings. The molecule has 0 saturated carbocycles. The van der Waals surface area contributed by atoms with Gasteiger partial charge in [0.1, 0.15) is 11.6 Å². The Morgan fingerprint density at radius 1 is 1.44 bits per heavy atom. The number of anilines is 1. The highest BCUT2D eigenvalue weighted by atomic mass is 32.1. The average Bonchev–Trinajstić information content (AvgIpc) is 3.28. The fourth-order valence-electron chi connectivity index (χ4n) is 3.24. The molecular formula is C18H19FN4O3S. The molecule has 3 aromatic rings. The molecule has 1 amide bonds. The van der Waals surface area contributed by atoms with E-state index in [1.807, 2.05) is 6.07 Å². The molecule has 0 aliphatic carbocycles. The van der Waals surface area contributed by atoms with Crippen molar-refractivity contribution in [3.8, 4) is 5.88 Å². The lowest BCUT2D eigenvalue weighted by Crippen LogP contribution is -2.28. The molecule has 1 saturated heterocycles. The average molecular weight is 390 g/mol. The zero-order valence-corrected chi connectivity index (χ0v) is 15.8. The maximum atomic E-state index is 14.1. The van der Waals surface area contributed by atoms with E-state index in [1.54, 1.807) is 18.4 Å². The molecule has 1 N–H and O–H groups in total. The van der Waals surface area contributed by atoms with Gasteiger partial charge >= 0.3 is 0 Å². The first kappa shape index (κ1) is 17.9. The van der Waals surface area contributed by atoms with Gasteiger partial charge < -0.3 is 14.5 Å². The van der Waals surface area contributed by atoms with Crippen LogP contribution in [0.25, 0.3) is 11.1 Å². The van der Waals surface area contributed by atoms with Crippen LogP contribution >= 0.6 is 11.3 Å². The lowest BCUT2D eigenvalue weighted by Gasteiger charge is -2.19. The van der Waals surface area contributed by atoms with Crippen LogP contribution < -0.4 is 10.1 Å². The molecule has 0 radical (unpaired) electrons. The third-order valence-electron chi connectivity index (χ3n) is 4.51. The number of likely N-dealkylation sites (tertiary alicyclic amines) is 1. The molecular weight excluding hydrogens is 371 g/mol. The van der Waals surface area contributed by atoms with Crippen molar-refractivity contribution in [2.24, 2.45) is 0 Å². The van der Waals surface area contributed by atoms with Gasteiger partial charge in [0.2, 0.25) is 17.7 Å². The Labute approximate surface area is 159 Å². The Hall–Kier alpha value is -2.52. The van der Waals surface area contributed by atoms with Crippen LogP contribution in [0.15, 0.2) is 28.9 Å². The van der Waals surface area contributed by atoms with Crippen LogP contribution in [-0.2, 0) is 11.3 Å². The number of amides is 1. The van der Waals surface area contributed by atoms with E-state index in [2.05, 4.69) is 27.1 Å². The molecule has 2 atom stereocenters. The Morgan fingerprint density at radius 2 is 2.30 bits per heavy atom. The molecule has 4 rings (SSSR count). The SMILES string of the molecule is CC(=O)Nc1nc(F)c(CN2CC(Oc3ccc4occc4n3)CC2C)s1. The zero-order chi connectivity index (χ0) is 19.0. The highest BCUT2D eigenvalue weighted by molar-refractivity contribution is 7.15. The van der Waals surface area contributed by atoms with Gasteiger partial charge in [-0.3, -0.25) is 9.69 Å². The predicted molar refractivity (Wildman–Crippen MR) is 99.3 cm³/mol. The van der Waals surface area contributed by atoms with Crippen LogP contribution in [0.2, 0.25) is 0 Å². The lowest BCUT2D eigenvalue weighted by atomic mass is 10.2. The van der Waals surface area contributed by atoms with Gasteiger partial charge in [-0.05, 0) is 13.0 Å². The molecule has 1 aliphatic heterocycles. The summed E-state index contributed by atoms with van der Waals surface area (Å²) < 4.78 is 25.4. The van der Waals surface area contributed by atoms with Crippen molar-refractivity contribution in [1.82, 2.24) is 14.9 Å². The topological polar surface area (TPSA) is 80.5 Å². The van der Waals surface area contributed by atoms with E-state index in [0.717, 1.165) is 28.9 Å². The Morgan fingerprint density at radius 3 is 3.11 bits per heavy atom. The Balaban J connectivity index is 1.40. The van der Waals surface area contributed by atoms with Crippen molar-refractivity contribution in [3.63, 3.8) is 0 Å². The normalized spacial score (nSPS) is 20.3. The van der Waals surface area contributed by atoms with E-state index in [9.17, 15) is 9.18 Å². The molecule has 0 spiro atoms. The smallest absolute Gasteiger partial charge is 0.230 e. The number of halogens is 1. The van der Waals surface area contributed by atoms with Gasteiger partial charge in [0, 0.05) is 44.6 Å². The molecule has 27 heavy (non-hydrogen) atoms. The molecule has 1 aliphatic rings. The highest BCUT2D eigenvalue weighted by Gasteiger charge is 2.32. The van der Waals surface area contributed by atoms with Crippen LogP contribution in [-0.4, -0.2) is 39.5 Å². The summed E-state index contributed by atoms with van der Waals surface area (Å²) >= 11 is 1.16. The summed E-state index contributed by atoms with van der Waals surface area (Å²) in [5.74, 6) is -0.243. The Kier molecular flexibility index (Phi) is 4.79. The second kappa shape index (κ2) is 7.24. The van der Waals surface area contributed by atoms with Crippen molar-refractivity contribution in [3.05, 3.63) is 35.3 Å². The first-order valence-electron chi connectivity index (χ1n) is 8.65. The summed E-state index contributed by atoms with van der Waals surface area (Å²) in [6.45, 7) is 4.56. The number of aromatic nitrogens is 2. The quantitative estimate of drug-likeness (QED) is 0.719. The third kappa shape index (κ3) is 3.93. The summed E-state index contributed by atoms with van der Waals surface area (Å²) in [6, 6.07) is 5.66. The summed E-state index contributed by atoms with van der Waals surface area (Å²) in [5.41, 5.74) is 1.48.